The van der Waals surface area contributed by atoms with Gasteiger partial charge in [0, 0.05) is 31.3 Å². The van der Waals surface area contributed by atoms with Crippen molar-refractivity contribution in [1.82, 2.24) is 14.5 Å². The lowest BCUT2D eigenvalue weighted by Crippen LogP contribution is -2.26. The zero-order chi connectivity index (χ0) is 15.8. The molecule has 7 nitrogen and oxygen atoms in total. The zero-order valence-corrected chi connectivity index (χ0v) is 12.0. The summed E-state index contributed by atoms with van der Waals surface area (Å²) in [4.78, 5) is 23.5. The van der Waals surface area contributed by atoms with Gasteiger partial charge in [0.05, 0.1) is 6.33 Å². The molecule has 22 heavy (non-hydrogen) atoms. The molecule has 3 N–H and O–H groups in total. The number of aliphatic carboxylic acids is 1. The summed E-state index contributed by atoms with van der Waals surface area (Å²) >= 11 is 0. The summed E-state index contributed by atoms with van der Waals surface area (Å²) in [5, 5.41) is 8.91. The Morgan fingerprint density at radius 2 is 2.32 bits per heavy atom. The molecule has 1 unspecified atom stereocenters. The van der Waals surface area contributed by atoms with Crippen LogP contribution < -0.4 is 5.90 Å². The third-order valence-electron chi connectivity index (χ3n) is 3.20. The Hall–Kier alpha value is -2.51. The minimum absolute atomic E-state index is 0.305. The van der Waals surface area contributed by atoms with Gasteiger partial charge in [-0.25, -0.2) is 15.7 Å². The number of aromatic nitrogens is 3. The number of pyridine rings is 1. The van der Waals surface area contributed by atoms with Crippen molar-refractivity contribution in [1.29, 1.82) is 0 Å². The number of rotatable bonds is 8. The van der Waals surface area contributed by atoms with Crippen LogP contribution in [-0.4, -0.2) is 31.7 Å². The van der Waals surface area contributed by atoms with Gasteiger partial charge in [0.2, 0.25) is 0 Å². The maximum Gasteiger partial charge on any atom is 0.334 e. The molecule has 0 fully saturated rings. The Kier molecular flexibility index (Phi) is 5.81. The number of hydrogen-bond donors (Lipinski definition) is 2. The molecule has 2 aromatic heterocycles. The van der Waals surface area contributed by atoms with E-state index in [1.54, 1.807) is 24.9 Å². The number of carbonyl (C=O) groups is 1. The second kappa shape index (κ2) is 8.06. The van der Waals surface area contributed by atoms with Gasteiger partial charge in [-0.3, -0.25) is 9.82 Å². The van der Waals surface area contributed by atoms with Crippen LogP contribution in [0.25, 0.3) is 5.57 Å². The van der Waals surface area contributed by atoms with E-state index in [0.29, 0.717) is 19.4 Å². The largest absolute Gasteiger partial charge is 0.479 e. The van der Waals surface area contributed by atoms with Gasteiger partial charge in [0.25, 0.3) is 0 Å². The number of imidazole rings is 1. The molecule has 1 atom stereocenters. The van der Waals surface area contributed by atoms with E-state index in [2.05, 4.69) is 14.8 Å². The van der Waals surface area contributed by atoms with E-state index >= 15 is 0 Å². The maximum absolute atomic E-state index is 10.9. The highest BCUT2D eigenvalue weighted by Crippen LogP contribution is 2.17. The van der Waals surface area contributed by atoms with Gasteiger partial charge in [-0.15, -0.1) is 0 Å². The van der Waals surface area contributed by atoms with Crippen LogP contribution in [0.4, 0.5) is 0 Å². The van der Waals surface area contributed by atoms with Gasteiger partial charge in [-0.05, 0) is 30.0 Å². The monoisotopic (exact) mass is 302 g/mol. The van der Waals surface area contributed by atoms with Crippen molar-refractivity contribution >= 4 is 11.5 Å². The van der Waals surface area contributed by atoms with Crippen LogP contribution in [0, 0.1) is 0 Å². The summed E-state index contributed by atoms with van der Waals surface area (Å²) < 4.78 is 1.94. The van der Waals surface area contributed by atoms with Crippen LogP contribution in [0.1, 0.15) is 18.4 Å². The lowest BCUT2D eigenvalue weighted by molar-refractivity contribution is -0.151. The van der Waals surface area contributed by atoms with E-state index < -0.39 is 12.1 Å². The third-order valence-corrected chi connectivity index (χ3v) is 3.20. The summed E-state index contributed by atoms with van der Waals surface area (Å²) in [5.41, 5.74) is 2.02. The molecule has 2 heterocycles. The lowest BCUT2D eigenvalue weighted by Gasteiger charge is -2.11. The summed E-state index contributed by atoms with van der Waals surface area (Å²) in [6, 6.07) is 3.82. The smallest absolute Gasteiger partial charge is 0.334 e. The van der Waals surface area contributed by atoms with Crippen molar-refractivity contribution in [2.75, 3.05) is 0 Å². The van der Waals surface area contributed by atoms with E-state index in [0.717, 1.165) is 11.1 Å². The number of nitrogens with zero attached hydrogens (tertiary/aromatic N) is 3. The normalized spacial score (nSPS) is 13.0. The topological polar surface area (TPSA) is 103 Å². The van der Waals surface area contributed by atoms with Crippen LogP contribution in [0.3, 0.4) is 0 Å². The SMILES string of the molecule is NOC(CC/C=C(/Cn1ccnc1)c1cccnc1)C(=O)O. The first kappa shape index (κ1) is 15.9. The number of allylic oxidation sites excluding steroid dienone is 2. The van der Waals surface area contributed by atoms with Crippen LogP contribution >= 0.6 is 0 Å². The molecule has 0 aromatic carbocycles. The highest BCUT2D eigenvalue weighted by molar-refractivity contribution is 5.72. The minimum atomic E-state index is -1.06. The van der Waals surface area contributed by atoms with Crippen molar-refractivity contribution in [3.05, 3.63) is 54.9 Å². The second-order valence-corrected chi connectivity index (χ2v) is 4.75. The highest BCUT2D eigenvalue weighted by atomic mass is 16.6. The van der Waals surface area contributed by atoms with Gasteiger partial charge in [-0.1, -0.05) is 12.1 Å². The molecular formula is C15H18N4O3. The number of nitrogens with two attached hydrogens (primary N) is 1. The first-order valence-electron chi connectivity index (χ1n) is 6.84. The molecule has 0 amide bonds. The zero-order valence-electron chi connectivity index (χ0n) is 12.0. The summed E-state index contributed by atoms with van der Waals surface area (Å²) in [7, 11) is 0. The fraction of sp³-hybridized carbons (Fsp3) is 0.267. The Morgan fingerprint density at radius 3 is 2.91 bits per heavy atom. The molecule has 116 valence electrons. The quantitative estimate of drug-likeness (QED) is 0.716. The molecule has 0 bridgehead atoms. The van der Waals surface area contributed by atoms with Crippen LogP contribution in [-0.2, 0) is 16.2 Å². The fourth-order valence-electron chi connectivity index (χ4n) is 2.06. The van der Waals surface area contributed by atoms with E-state index in [-0.39, 0.29) is 0 Å². The maximum atomic E-state index is 10.9. The van der Waals surface area contributed by atoms with E-state index in [4.69, 9.17) is 11.0 Å². The van der Waals surface area contributed by atoms with Gasteiger partial charge < -0.3 is 9.67 Å². The number of carboxylic acids is 1. The predicted molar refractivity (Wildman–Crippen MR) is 80.4 cm³/mol. The van der Waals surface area contributed by atoms with Gasteiger partial charge in [-0.2, -0.15) is 0 Å². The number of carboxylic acid groups (broad SMARTS) is 1. The standard InChI is InChI=1S/C15H18N4O3/c16-22-14(15(20)21)5-1-3-13(10-19-8-7-18-11-19)12-4-2-6-17-9-12/h2-4,6-9,11,14H,1,5,10,16H2,(H,20,21)/b13-3-. The van der Waals surface area contributed by atoms with Crippen molar-refractivity contribution in [2.24, 2.45) is 5.90 Å². The molecule has 0 saturated carbocycles. The molecule has 0 aliphatic heterocycles. The molecule has 7 heteroatoms. The Labute approximate surface area is 128 Å². The summed E-state index contributed by atoms with van der Waals surface area (Å²) in [6.07, 6.45) is 10.6. The van der Waals surface area contributed by atoms with Crippen LogP contribution in [0.2, 0.25) is 0 Å². The third kappa shape index (κ3) is 4.51. The Morgan fingerprint density at radius 1 is 1.45 bits per heavy atom. The molecule has 0 aliphatic carbocycles. The summed E-state index contributed by atoms with van der Waals surface area (Å²) in [5.74, 6) is 3.93. The number of hydrogen-bond acceptors (Lipinski definition) is 5. The van der Waals surface area contributed by atoms with E-state index in [1.165, 1.54) is 0 Å². The molecule has 0 spiro atoms. The van der Waals surface area contributed by atoms with E-state index in [1.807, 2.05) is 29.0 Å². The average Bonchev–Trinajstić information content (AvgIpc) is 3.04. The van der Waals surface area contributed by atoms with Crippen molar-refractivity contribution in [2.45, 2.75) is 25.5 Å². The fourth-order valence-corrected chi connectivity index (χ4v) is 2.06. The van der Waals surface area contributed by atoms with Crippen molar-refractivity contribution < 1.29 is 14.7 Å². The molecule has 0 aliphatic rings. The molecule has 0 radical (unpaired) electrons. The molecule has 0 saturated heterocycles. The first-order chi connectivity index (χ1) is 10.7. The summed E-state index contributed by atoms with van der Waals surface area (Å²) in [6.45, 7) is 0.632. The lowest BCUT2D eigenvalue weighted by atomic mass is 10.0. The van der Waals surface area contributed by atoms with Gasteiger partial charge in [0.15, 0.2) is 6.10 Å². The average molecular weight is 302 g/mol. The molecular weight excluding hydrogens is 284 g/mol. The van der Waals surface area contributed by atoms with Crippen LogP contribution in [0.15, 0.2) is 49.3 Å². The molecule has 2 rings (SSSR count). The molecule has 2 aromatic rings. The minimum Gasteiger partial charge on any atom is -0.479 e. The van der Waals surface area contributed by atoms with Crippen molar-refractivity contribution in [3.8, 4) is 0 Å². The highest BCUT2D eigenvalue weighted by Gasteiger charge is 2.16. The Bertz CT molecular complexity index is 611. The Balaban J connectivity index is 2.10. The van der Waals surface area contributed by atoms with Crippen LogP contribution in [0.5, 0.6) is 0 Å². The predicted octanol–water partition coefficient (Wildman–Crippen LogP) is 1.49. The first-order valence-corrected chi connectivity index (χ1v) is 6.84. The van der Waals surface area contributed by atoms with Gasteiger partial charge in [0.1, 0.15) is 0 Å². The second-order valence-electron chi connectivity index (χ2n) is 4.75. The van der Waals surface area contributed by atoms with E-state index in [9.17, 15) is 4.79 Å². The van der Waals surface area contributed by atoms with Gasteiger partial charge >= 0.3 is 5.97 Å². The van der Waals surface area contributed by atoms with Crippen molar-refractivity contribution in [3.63, 3.8) is 0 Å².